The molecule has 35 heavy (non-hydrogen) atoms. The molecule has 7 heteroatoms. The zero-order valence-electron chi connectivity index (χ0n) is 21.4. The van der Waals surface area contributed by atoms with Crippen molar-refractivity contribution in [3.05, 3.63) is 71.5 Å². The average Bonchev–Trinajstić information content (AvgIpc) is 2.83. The van der Waals surface area contributed by atoms with Crippen LogP contribution in [-0.4, -0.2) is 48.7 Å². The highest BCUT2D eigenvalue weighted by atomic mass is 19.1. The first-order valence-electron chi connectivity index (χ1n) is 12.3. The van der Waals surface area contributed by atoms with Crippen molar-refractivity contribution in [1.29, 1.82) is 0 Å². The third-order valence-corrected chi connectivity index (χ3v) is 5.38. The maximum absolute atomic E-state index is 12.9. The van der Waals surface area contributed by atoms with Gasteiger partial charge in [0.25, 0.3) is 5.91 Å². The molecule has 192 valence electrons. The SMILES string of the molecule is CC(C)(C)OC(=O)N1CCC(CNC(=O)c2ccc(F)cc2)CC1.CCCOCc1ccccc1. The van der Waals surface area contributed by atoms with Gasteiger partial charge in [-0.25, -0.2) is 9.18 Å². The molecule has 0 unspecified atom stereocenters. The summed E-state index contributed by atoms with van der Waals surface area (Å²) in [6, 6.07) is 15.7. The Morgan fingerprint density at radius 1 is 1.03 bits per heavy atom. The summed E-state index contributed by atoms with van der Waals surface area (Å²) >= 11 is 0. The van der Waals surface area contributed by atoms with E-state index in [1.54, 1.807) is 4.90 Å². The normalized spacial score (nSPS) is 14.0. The Kier molecular flexibility index (Phi) is 11.7. The highest BCUT2D eigenvalue weighted by Gasteiger charge is 2.27. The molecule has 0 bridgehead atoms. The molecule has 2 aromatic carbocycles. The lowest BCUT2D eigenvalue weighted by atomic mass is 9.97. The van der Waals surface area contributed by atoms with Crippen LogP contribution in [0.15, 0.2) is 54.6 Å². The fraction of sp³-hybridized carbons (Fsp3) is 0.500. The van der Waals surface area contributed by atoms with Gasteiger partial charge in [-0.05, 0) is 75.8 Å². The predicted octanol–water partition coefficient (Wildman–Crippen LogP) is 5.82. The summed E-state index contributed by atoms with van der Waals surface area (Å²) in [6.45, 7) is 11.1. The van der Waals surface area contributed by atoms with Crippen LogP contribution in [0.5, 0.6) is 0 Å². The zero-order chi connectivity index (χ0) is 25.7. The Hall–Kier alpha value is -2.93. The van der Waals surface area contributed by atoms with E-state index in [1.807, 2.05) is 39.0 Å². The number of piperidine rings is 1. The number of nitrogens with one attached hydrogen (secondary N) is 1. The fourth-order valence-corrected chi connectivity index (χ4v) is 3.50. The van der Waals surface area contributed by atoms with Gasteiger partial charge in [0.15, 0.2) is 0 Å². The number of ether oxygens (including phenoxy) is 2. The lowest BCUT2D eigenvalue weighted by molar-refractivity contribution is 0.0183. The fourth-order valence-electron chi connectivity index (χ4n) is 3.50. The minimum absolute atomic E-state index is 0.204. The molecule has 2 aromatic rings. The van der Waals surface area contributed by atoms with Crippen LogP contribution >= 0.6 is 0 Å². The number of carbonyl (C=O) groups is 2. The lowest BCUT2D eigenvalue weighted by Gasteiger charge is -2.33. The Bertz CT molecular complexity index is 889. The third-order valence-electron chi connectivity index (χ3n) is 5.38. The van der Waals surface area contributed by atoms with Crippen LogP contribution in [0.2, 0.25) is 0 Å². The number of benzene rings is 2. The van der Waals surface area contributed by atoms with Gasteiger partial charge in [-0.1, -0.05) is 37.3 Å². The molecule has 1 aliphatic rings. The number of hydrogen-bond donors (Lipinski definition) is 1. The third kappa shape index (κ3) is 11.4. The second-order valence-corrected chi connectivity index (χ2v) is 9.67. The van der Waals surface area contributed by atoms with Gasteiger partial charge in [-0.3, -0.25) is 4.79 Å². The van der Waals surface area contributed by atoms with Crippen molar-refractivity contribution >= 4 is 12.0 Å². The number of amides is 2. The van der Waals surface area contributed by atoms with Crippen LogP contribution in [0.1, 0.15) is 62.9 Å². The summed E-state index contributed by atoms with van der Waals surface area (Å²) in [6.07, 6.45) is 2.45. The monoisotopic (exact) mass is 486 g/mol. The second kappa shape index (κ2) is 14.5. The maximum Gasteiger partial charge on any atom is 0.410 e. The number of halogens is 1. The molecule has 2 amide bonds. The van der Waals surface area contributed by atoms with Crippen LogP contribution in [0.4, 0.5) is 9.18 Å². The van der Waals surface area contributed by atoms with Crippen LogP contribution in [-0.2, 0) is 16.1 Å². The molecular formula is C28H39FN2O4. The molecular weight excluding hydrogens is 447 g/mol. The van der Waals surface area contributed by atoms with Crippen LogP contribution in [0.25, 0.3) is 0 Å². The lowest BCUT2D eigenvalue weighted by Crippen LogP contribution is -2.43. The van der Waals surface area contributed by atoms with Gasteiger partial charge in [0.2, 0.25) is 0 Å². The van der Waals surface area contributed by atoms with Crippen molar-refractivity contribution in [3.8, 4) is 0 Å². The minimum atomic E-state index is -0.489. The average molecular weight is 487 g/mol. The van der Waals surface area contributed by atoms with Crippen molar-refractivity contribution in [2.24, 2.45) is 5.92 Å². The first-order chi connectivity index (χ1) is 16.7. The van der Waals surface area contributed by atoms with Crippen LogP contribution in [0.3, 0.4) is 0 Å². The molecule has 1 saturated heterocycles. The molecule has 1 heterocycles. The van der Waals surface area contributed by atoms with Gasteiger partial charge in [-0.2, -0.15) is 0 Å². The van der Waals surface area contributed by atoms with Gasteiger partial charge in [0, 0.05) is 31.8 Å². The first kappa shape index (κ1) is 28.3. The molecule has 0 saturated carbocycles. The number of carbonyl (C=O) groups excluding carboxylic acids is 2. The van der Waals surface area contributed by atoms with E-state index in [2.05, 4.69) is 24.4 Å². The van der Waals surface area contributed by atoms with Gasteiger partial charge < -0.3 is 19.7 Å². The summed E-state index contributed by atoms with van der Waals surface area (Å²) < 4.78 is 23.6. The first-order valence-corrected chi connectivity index (χ1v) is 12.3. The van der Waals surface area contributed by atoms with Crippen LogP contribution in [0, 0.1) is 11.7 Å². The molecule has 0 radical (unpaired) electrons. The molecule has 3 rings (SSSR count). The minimum Gasteiger partial charge on any atom is -0.444 e. The van der Waals surface area contributed by atoms with E-state index in [0.717, 1.165) is 32.5 Å². The van der Waals surface area contributed by atoms with Crippen molar-refractivity contribution < 1.29 is 23.5 Å². The molecule has 0 aliphatic carbocycles. The molecule has 1 aliphatic heterocycles. The van der Waals surface area contributed by atoms with Crippen molar-refractivity contribution in [2.45, 2.75) is 59.2 Å². The molecule has 1 fully saturated rings. The molecule has 0 aromatic heterocycles. The Morgan fingerprint density at radius 3 is 2.23 bits per heavy atom. The smallest absolute Gasteiger partial charge is 0.410 e. The Morgan fingerprint density at radius 2 is 1.66 bits per heavy atom. The van der Waals surface area contributed by atoms with Gasteiger partial charge in [0.05, 0.1) is 6.61 Å². The zero-order valence-corrected chi connectivity index (χ0v) is 21.4. The van der Waals surface area contributed by atoms with Crippen molar-refractivity contribution in [1.82, 2.24) is 10.2 Å². The quantitative estimate of drug-likeness (QED) is 0.501. The van der Waals surface area contributed by atoms with Crippen molar-refractivity contribution in [3.63, 3.8) is 0 Å². The van der Waals surface area contributed by atoms with Crippen molar-refractivity contribution in [2.75, 3.05) is 26.2 Å². The van der Waals surface area contributed by atoms with E-state index in [4.69, 9.17) is 9.47 Å². The Labute approximate surface area is 208 Å². The predicted molar refractivity (Wildman–Crippen MR) is 136 cm³/mol. The largest absolute Gasteiger partial charge is 0.444 e. The molecule has 1 N–H and O–H groups in total. The molecule has 0 atom stereocenters. The van der Waals surface area contributed by atoms with Gasteiger partial charge in [0.1, 0.15) is 11.4 Å². The van der Waals surface area contributed by atoms with E-state index in [1.165, 1.54) is 29.8 Å². The number of rotatable bonds is 7. The summed E-state index contributed by atoms with van der Waals surface area (Å²) in [5, 5.41) is 2.87. The summed E-state index contributed by atoms with van der Waals surface area (Å²) in [5.41, 5.74) is 1.21. The van der Waals surface area contributed by atoms with E-state index in [9.17, 15) is 14.0 Å². The summed E-state index contributed by atoms with van der Waals surface area (Å²) in [5.74, 6) is -0.237. The van der Waals surface area contributed by atoms with Gasteiger partial charge >= 0.3 is 6.09 Å². The number of likely N-dealkylation sites (tertiary alicyclic amines) is 1. The Balaban J connectivity index is 0.000000328. The summed E-state index contributed by atoms with van der Waals surface area (Å²) in [4.78, 5) is 25.7. The standard InChI is InChI=1S/C18H25FN2O3.C10H14O/c1-18(2,3)24-17(23)21-10-8-13(9-11-21)12-20-16(22)14-4-6-15(19)7-5-14;1-2-8-11-9-10-6-4-3-5-7-10/h4-7,13H,8-12H2,1-3H3,(H,20,22);3-7H,2,8-9H2,1H3. The second-order valence-electron chi connectivity index (χ2n) is 9.67. The number of nitrogens with zero attached hydrogens (tertiary/aromatic N) is 1. The summed E-state index contributed by atoms with van der Waals surface area (Å²) in [7, 11) is 0. The van der Waals surface area contributed by atoms with Crippen LogP contribution < -0.4 is 5.32 Å². The van der Waals surface area contributed by atoms with E-state index < -0.39 is 5.60 Å². The maximum atomic E-state index is 12.9. The highest BCUT2D eigenvalue weighted by molar-refractivity contribution is 5.94. The van der Waals surface area contributed by atoms with E-state index in [-0.39, 0.29) is 17.8 Å². The molecule has 6 nitrogen and oxygen atoms in total. The van der Waals surface area contributed by atoms with Gasteiger partial charge in [-0.15, -0.1) is 0 Å². The number of hydrogen-bond acceptors (Lipinski definition) is 4. The molecule has 0 spiro atoms. The van der Waals surface area contributed by atoms with E-state index in [0.29, 0.717) is 31.1 Å². The topological polar surface area (TPSA) is 67.9 Å². The highest BCUT2D eigenvalue weighted by Crippen LogP contribution is 2.19. The van der Waals surface area contributed by atoms with E-state index >= 15 is 0 Å².